The molecular weight excluding hydrogens is 484 g/mol. The third-order valence-corrected chi connectivity index (χ3v) is 8.36. The lowest BCUT2D eigenvalue weighted by Crippen LogP contribution is -2.24. The number of benzene rings is 2. The molecular formula is C35H44O4. The molecule has 2 aliphatic rings. The number of aryl methyl sites for hydroxylation is 2. The van der Waals surface area contributed by atoms with Gasteiger partial charge in [0.2, 0.25) is 0 Å². The smallest absolute Gasteiger partial charge is 0.340 e. The molecule has 4 nitrogen and oxygen atoms in total. The number of ether oxygens (including phenoxy) is 2. The van der Waals surface area contributed by atoms with Gasteiger partial charge in [0.05, 0.1) is 11.1 Å². The molecule has 2 atom stereocenters. The van der Waals surface area contributed by atoms with Crippen molar-refractivity contribution in [3.63, 3.8) is 0 Å². The zero-order chi connectivity index (χ0) is 28.2. The number of carbonyl (C=O) groups excluding carboxylic acids is 2. The molecule has 0 spiro atoms. The molecule has 4 heteroatoms. The van der Waals surface area contributed by atoms with Crippen LogP contribution >= 0.6 is 0 Å². The summed E-state index contributed by atoms with van der Waals surface area (Å²) >= 11 is 0. The Balaban J connectivity index is 1.71. The average molecular weight is 529 g/mol. The van der Waals surface area contributed by atoms with Crippen molar-refractivity contribution in [1.29, 1.82) is 0 Å². The third kappa shape index (κ3) is 5.62. The molecule has 2 aromatic carbocycles. The Kier molecular flexibility index (Phi) is 9.15. The van der Waals surface area contributed by atoms with Crippen molar-refractivity contribution in [2.45, 2.75) is 92.9 Å². The van der Waals surface area contributed by atoms with E-state index in [1.54, 1.807) is 0 Å². The molecule has 4 rings (SSSR count). The molecule has 2 unspecified atom stereocenters. The first-order chi connectivity index (χ1) is 18.8. The molecule has 0 N–H and O–H groups in total. The minimum Gasteiger partial charge on any atom is -0.423 e. The Bertz CT molecular complexity index is 1180. The maximum atomic E-state index is 13.9. The van der Waals surface area contributed by atoms with Crippen LogP contribution in [0.5, 0.6) is 11.5 Å². The third-order valence-electron chi connectivity index (χ3n) is 8.36. The molecule has 208 valence electrons. The second kappa shape index (κ2) is 12.4. The van der Waals surface area contributed by atoms with Crippen LogP contribution in [-0.4, -0.2) is 11.9 Å². The zero-order valence-electron chi connectivity index (χ0n) is 24.6. The van der Waals surface area contributed by atoms with E-state index in [2.05, 4.69) is 65.8 Å². The Morgan fingerprint density at radius 1 is 0.641 bits per heavy atom. The lowest BCUT2D eigenvalue weighted by Gasteiger charge is -2.26. The number of allylic oxidation sites excluding steroid dienone is 2. The molecule has 0 fully saturated rings. The Labute approximate surface area is 234 Å². The lowest BCUT2D eigenvalue weighted by molar-refractivity contribution is -0.133. The van der Waals surface area contributed by atoms with E-state index >= 15 is 0 Å². The van der Waals surface area contributed by atoms with E-state index in [0.29, 0.717) is 22.6 Å². The second-order valence-electron chi connectivity index (χ2n) is 11.6. The van der Waals surface area contributed by atoms with Crippen molar-refractivity contribution in [3.8, 4) is 11.5 Å². The fraction of sp³-hybridized carbons (Fsp3) is 0.486. The van der Waals surface area contributed by atoms with E-state index in [1.165, 1.54) is 11.1 Å². The number of esters is 2. The standard InChI is InChI=1S/C35H44O4/c1-7-13-23-17-11-19-29(25(23)15-9-3)38-33(36)31-27-21-22-28(35(27,5)6)32(31)34(37)39-30-20-12-18-24(14-8-2)26(30)16-10-4/h11-12,17-22,27-28H,7-10,13-16H2,1-6H3. The van der Waals surface area contributed by atoms with Crippen LogP contribution in [-0.2, 0) is 35.3 Å². The van der Waals surface area contributed by atoms with Gasteiger partial charge in [-0.2, -0.15) is 0 Å². The van der Waals surface area contributed by atoms with E-state index in [-0.39, 0.29) is 17.3 Å². The first-order valence-electron chi connectivity index (χ1n) is 14.9. The van der Waals surface area contributed by atoms with Crippen molar-refractivity contribution >= 4 is 11.9 Å². The van der Waals surface area contributed by atoms with Crippen molar-refractivity contribution < 1.29 is 19.1 Å². The highest BCUT2D eigenvalue weighted by molar-refractivity contribution is 6.05. The quantitative estimate of drug-likeness (QED) is 0.158. The van der Waals surface area contributed by atoms with Crippen molar-refractivity contribution in [2.75, 3.05) is 0 Å². The van der Waals surface area contributed by atoms with E-state index in [0.717, 1.165) is 62.5 Å². The summed E-state index contributed by atoms with van der Waals surface area (Å²) in [6.07, 6.45) is 11.7. The molecule has 2 aromatic rings. The molecule has 0 saturated heterocycles. The molecule has 39 heavy (non-hydrogen) atoms. The number of fused-ring (bicyclic) bond motifs is 2. The number of rotatable bonds is 12. The van der Waals surface area contributed by atoms with Crippen LogP contribution in [0.15, 0.2) is 59.7 Å². The topological polar surface area (TPSA) is 52.6 Å². The van der Waals surface area contributed by atoms with Crippen molar-refractivity contribution in [3.05, 3.63) is 82.0 Å². The first kappa shape index (κ1) is 28.9. The minimum atomic E-state index is -0.439. The maximum absolute atomic E-state index is 13.9. The fourth-order valence-electron chi connectivity index (χ4n) is 6.45. The maximum Gasteiger partial charge on any atom is 0.340 e. The summed E-state index contributed by atoms with van der Waals surface area (Å²) in [7, 11) is 0. The van der Waals surface area contributed by atoms with Crippen LogP contribution in [0.4, 0.5) is 0 Å². The lowest BCUT2D eigenvalue weighted by atomic mass is 9.77. The number of hydrogen-bond acceptors (Lipinski definition) is 4. The molecule has 0 aliphatic heterocycles. The van der Waals surface area contributed by atoms with Crippen LogP contribution in [0, 0.1) is 17.3 Å². The molecule has 0 radical (unpaired) electrons. The monoisotopic (exact) mass is 528 g/mol. The summed E-state index contributed by atoms with van der Waals surface area (Å²) in [6.45, 7) is 12.8. The molecule has 0 saturated carbocycles. The zero-order valence-corrected chi connectivity index (χ0v) is 24.6. The van der Waals surface area contributed by atoms with Crippen molar-refractivity contribution in [1.82, 2.24) is 0 Å². The van der Waals surface area contributed by atoms with Gasteiger partial charge in [-0.15, -0.1) is 0 Å². The van der Waals surface area contributed by atoms with Gasteiger partial charge in [-0.05, 0) is 65.5 Å². The van der Waals surface area contributed by atoms with Gasteiger partial charge in [0.25, 0.3) is 0 Å². The highest BCUT2D eigenvalue weighted by Crippen LogP contribution is 2.57. The van der Waals surface area contributed by atoms with Gasteiger partial charge in [0, 0.05) is 11.8 Å². The van der Waals surface area contributed by atoms with Gasteiger partial charge < -0.3 is 9.47 Å². The van der Waals surface area contributed by atoms with Crippen molar-refractivity contribution in [2.24, 2.45) is 17.3 Å². The fourth-order valence-corrected chi connectivity index (χ4v) is 6.45. The highest BCUT2D eigenvalue weighted by Gasteiger charge is 2.55. The largest absolute Gasteiger partial charge is 0.423 e. The van der Waals surface area contributed by atoms with Gasteiger partial charge >= 0.3 is 11.9 Å². The first-order valence-corrected chi connectivity index (χ1v) is 14.9. The highest BCUT2D eigenvalue weighted by atomic mass is 16.5. The van der Waals surface area contributed by atoms with E-state index in [1.807, 2.05) is 24.3 Å². The number of carbonyl (C=O) groups is 2. The SMILES string of the molecule is CCCc1cccc(OC(=O)C2=C(C(=O)Oc3cccc(CCC)c3CCC)C3C=CC2C3(C)C)c1CCC. The van der Waals surface area contributed by atoms with Crippen LogP contribution in [0.3, 0.4) is 0 Å². The minimum absolute atomic E-state index is 0.187. The normalized spacial score (nSPS) is 19.0. The van der Waals surface area contributed by atoms with Gasteiger partial charge in [-0.25, -0.2) is 9.59 Å². The van der Waals surface area contributed by atoms with Gasteiger partial charge in [0.1, 0.15) is 11.5 Å². The van der Waals surface area contributed by atoms with Crippen LogP contribution in [0.25, 0.3) is 0 Å². The molecule has 0 heterocycles. The summed E-state index contributed by atoms with van der Waals surface area (Å²) in [4.78, 5) is 27.7. The Morgan fingerprint density at radius 3 is 1.38 bits per heavy atom. The van der Waals surface area contributed by atoms with E-state index in [4.69, 9.17) is 9.47 Å². The summed E-state index contributed by atoms with van der Waals surface area (Å²) < 4.78 is 12.2. The summed E-state index contributed by atoms with van der Waals surface area (Å²) in [6, 6.07) is 11.9. The summed E-state index contributed by atoms with van der Waals surface area (Å²) in [5.41, 5.74) is 5.23. The van der Waals surface area contributed by atoms with Crippen LogP contribution < -0.4 is 9.47 Å². The second-order valence-corrected chi connectivity index (χ2v) is 11.6. The van der Waals surface area contributed by atoms with Crippen LogP contribution in [0.1, 0.15) is 89.5 Å². The average Bonchev–Trinajstić information content (AvgIpc) is 3.32. The van der Waals surface area contributed by atoms with Gasteiger partial charge in [-0.1, -0.05) is 104 Å². The van der Waals surface area contributed by atoms with Gasteiger partial charge in [0.15, 0.2) is 0 Å². The Hall–Kier alpha value is -3.14. The molecule has 0 amide bonds. The Morgan fingerprint density at radius 2 is 1.03 bits per heavy atom. The molecule has 2 aliphatic carbocycles. The molecule has 2 bridgehead atoms. The predicted octanol–water partition coefficient (Wildman–Crippen LogP) is 8.15. The van der Waals surface area contributed by atoms with Gasteiger partial charge in [-0.3, -0.25) is 0 Å². The number of hydrogen-bond donors (Lipinski definition) is 0. The predicted molar refractivity (Wildman–Crippen MR) is 157 cm³/mol. The molecule has 0 aromatic heterocycles. The summed E-state index contributed by atoms with van der Waals surface area (Å²) in [5, 5.41) is 0. The summed E-state index contributed by atoms with van der Waals surface area (Å²) in [5.74, 6) is -0.0389. The van der Waals surface area contributed by atoms with Crippen LogP contribution in [0.2, 0.25) is 0 Å². The van der Waals surface area contributed by atoms with E-state index in [9.17, 15) is 9.59 Å². The van der Waals surface area contributed by atoms with E-state index < -0.39 is 11.9 Å².